The predicted molar refractivity (Wildman–Crippen MR) is 171 cm³/mol. The molecule has 1 aromatic rings. The van der Waals surface area contributed by atoms with Gasteiger partial charge in [0.25, 0.3) is 0 Å². The van der Waals surface area contributed by atoms with Crippen LogP contribution in [0.2, 0.25) is 0 Å². The molecule has 0 bridgehead atoms. The van der Waals surface area contributed by atoms with Crippen LogP contribution in [0.5, 0.6) is 0 Å². The van der Waals surface area contributed by atoms with Crippen LogP contribution < -0.4 is 0 Å². The number of aromatic carboxylic acids is 1. The highest BCUT2D eigenvalue weighted by Gasteiger charge is 2.67. The van der Waals surface area contributed by atoms with Crippen molar-refractivity contribution in [1.82, 2.24) is 0 Å². The Labute approximate surface area is 249 Å². The summed E-state index contributed by atoms with van der Waals surface area (Å²) in [6.07, 6.45) is 18.4. The van der Waals surface area contributed by atoms with E-state index in [1.54, 1.807) is 12.1 Å². The minimum atomic E-state index is -0.854. The van der Waals surface area contributed by atoms with Crippen molar-refractivity contribution in [2.45, 2.75) is 113 Å². The Morgan fingerprint density at radius 3 is 2.29 bits per heavy atom. The number of allylic oxidation sites excluding steroid dienone is 5. The van der Waals surface area contributed by atoms with Crippen LogP contribution in [0.15, 0.2) is 54.1 Å². The zero-order valence-electron chi connectivity index (χ0n) is 26.9. The third kappa shape index (κ3) is 3.83. The highest BCUT2D eigenvalue weighted by Crippen LogP contribution is 2.75. The first-order chi connectivity index (χ1) is 19.2. The van der Waals surface area contributed by atoms with E-state index in [-0.39, 0.29) is 16.2 Å². The minimum absolute atomic E-state index is 0.0429. The molecule has 0 heterocycles. The minimum Gasteiger partial charge on any atom is -0.478 e. The average Bonchev–Trinajstić information content (AvgIpc) is 3.23. The van der Waals surface area contributed by atoms with Gasteiger partial charge in [0.05, 0.1) is 5.56 Å². The fourth-order valence-electron chi connectivity index (χ4n) is 12.3. The fourth-order valence-corrected chi connectivity index (χ4v) is 12.3. The smallest absolute Gasteiger partial charge is 0.335 e. The van der Waals surface area contributed by atoms with Gasteiger partial charge in [-0.3, -0.25) is 0 Å². The van der Waals surface area contributed by atoms with Crippen LogP contribution in [0.4, 0.5) is 0 Å². The topological polar surface area (TPSA) is 37.3 Å². The Kier molecular flexibility index (Phi) is 6.69. The molecular weight excluding hydrogens is 500 g/mol. The number of carbonyl (C=O) groups is 1. The Bertz CT molecular complexity index is 1310. The van der Waals surface area contributed by atoms with Crippen LogP contribution >= 0.6 is 0 Å². The first-order valence-electron chi connectivity index (χ1n) is 16.7. The van der Waals surface area contributed by atoms with Crippen LogP contribution in [-0.4, -0.2) is 11.1 Å². The fraction of sp³-hybridized carbons (Fsp3) is 0.667. The van der Waals surface area contributed by atoms with Gasteiger partial charge in [0, 0.05) is 0 Å². The van der Waals surface area contributed by atoms with Gasteiger partial charge < -0.3 is 5.11 Å². The Morgan fingerprint density at radius 1 is 0.951 bits per heavy atom. The third-order valence-electron chi connectivity index (χ3n) is 14.6. The van der Waals surface area contributed by atoms with E-state index >= 15 is 0 Å². The lowest BCUT2D eigenvalue weighted by atomic mass is 9.36. The maximum Gasteiger partial charge on any atom is 0.335 e. The van der Waals surface area contributed by atoms with Crippen LogP contribution in [0.1, 0.15) is 129 Å². The number of hydrogen-bond acceptors (Lipinski definition) is 1. The molecule has 0 radical (unpaired) electrons. The number of benzene rings is 1. The van der Waals surface area contributed by atoms with Gasteiger partial charge in [-0.15, -0.1) is 0 Å². The molecule has 5 aliphatic carbocycles. The maximum absolute atomic E-state index is 11.5. The molecule has 0 aromatic heterocycles. The molecule has 8 atom stereocenters. The van der Waals surface area contributed by atoms with Gasteiger partial charge in [0.2, 0.25) is 0 Å². The van der Waals surface area contributed by atoms with E-state index in [1.807, 2.05) is 17.7 Å². The van der Waals surface area contributed by atoms with Crippen molar-refractivity contribution in [2.75, 3.05) is 0 Å². The van der Waals surface area contributed by atoms with Gasteiger partial charge in [-0.25, -0.2) is 4.79 Å². The number of carboxylic acid groups (broad SMARTS) is 1. The van der Waals surface area contributed by atoms with Gasteiger partial charge in [-0.2, -0.15) is 0 Å². The quantitative estimate of drug-likeness (QED) is 0.376. The summed E-state index contributed by atoms with van der Waals surface area (Å²) in [5.74, 6) is 1.77. The van der Waals surface area contributed by atoms with Crippen LogP contribution in [0.25, 0.3) is 5.57 Å². The highest BCUT2D eigenvalue weighted by molar-refractivity contribution is 5.88. The molecule has 5 aliphatic rings. The molecule has 1 aromatic carbocycles. The lowest BCUT2D eigenvalue weighted by Crippen LogP contribution is -2.60. The SMILES string of the molecule is C=C(C)[C@@H]1CC[C@]2(CC)CCC[C@]3(C)C(=CCC4[C@@]5(C)CC=C(c6ccc(C(=O)O)cc6)C(C)(C)C5CC[C@]43C)C12. The van der Waals surface area contributed by atoms with E-state index in [2.05, 4.69) is 67.2 Å². The monoisotopic (exact) mass is 554 g/mol. The molecule has 0 aliphatic heterocycles. The van der Waals surface area contributed by atoms with Gasteiger partial charge in [-0.05, 0) is 139 Å². The van der Waals surface area contributed by atoms with Gasteiger partial charge in [0.1, 0.15) is 0 Å². The molecule has 3 saturated carbocycles. The van der Waals surface area contributed by atoms with E-state index in [4.69, 9.17) is 0 Å². The lowest BCUT2D eigenvalue weighted by molar-refractivity contribution is -0.143. The summed E-state index contributed by atoms with van der Waals surface area (Å²) in [5, 5.41) is 9.43. The zero-order chi connectivity index (χ0) is 29.6. The molecular formula is C39H54O2. The van der Waals surface area contributed by atoms with Crippen molar-refractivity contribution >= 4 is 11.5 Å². The second kappa shape index (κ2) is 9.45. The van der Waals surface area contributed by atoms with Crippen molar-refractivity contribution in [1.29, 1.82) is 0 Å². The van der Waals surface area contributed by atoms with Crippen LogP contribution in [0.3, 0.4) is 0 Å². The maximum atomic E-state index is 11.5. The van der Waals surface area contributed by atoms with Crippen molar-refractivity contribution in [2.24, 2.45) is 50.7 Å². The summed E-state index contributed by atoms with van der Waals surface area (Å²) in [7, 11) is 0. The molecule has 3 unspecified atom stereocenters. The van der Waals surface area contributed by atoms with E-state index in [9.17, 15) is 9.90 Å². The largest absolute Gasteiger partial charge is 0.478 e. The predicted octanol–water partition coefficient (Wildman–Crippen LogP) is 10.8. The van der Waals surface area contributed by atoms with Crippen molar-refractivity contribution < 1.29 is 9.90 Å². The van der Waals surface area contributed by atoms with Crippen molar-refractivity contribution in [3.8, 4) is 0 Å². The normalized spacial score (nSPS) is 42.9. The third-order valence-corrected chi connectivity index (χ3v) is 14.6. The molecule has 0 saturated heterocycles. The molecule has 3 fully saturated rings. The Hall–Kier alpha value is -2.09. The van der Waals surface area contributed by atoms with Gasteiger partial charge >= 0.3 is 5.97 Å². The number of rotatable bonds is 4. The Balaban J connectivity index is 1.41. The molecule has 2 heteroatoms. The van der Waals surface area contributed by atoms with Gasteiger partial charge in [-0.1, -0.05) is 90.0 Å². The summed E-state index contributed by atoms with van der Waals surface area (Å²) in [6.45, 7) is 22.3. The first kappa shape index (κ1) is 29.0. The van der Waals surface area contributed by atoms with E-state index in [1.165, 1.54) is 74.5 Å². The summed E-state index contributed by atoms with van der Waals surface area (Å²) >= 11 is 0. The van der Waals surface area contributed by atoms with Crippen LogP contribution in [-0.2, 0) is 0 Å². The summed E-state index contributed by atoms with van der Waals surface area (Å²) in [5.41, 5.74) is 7.56. The molecule has 0 amide bonds. The summed E-state index contributed by atoms with van der Waals surface area (Å²) in [4.78, 5) is 11.5. The molecule has 41 heavy (non-hydrogen) atoms. The average molecular weight is 555 g/mol. The lowest BCUT2D eigenvalue weighted by Gasteiger charge is -2.68. The molecule has 1 N–H and O–H groups in total. The standard InChI is InChI=1S/C39H54O2/c1-9-39-21-10-20-37(7)30(33(39)28(17-24-39)25(2)3)15-16-32-36(6)22-18-29(26-11-13-27(14-12-26)34(40)41)35(4,5)31(36)19-23-38(32,37)8/h11-15,18,28,31-33H,2,9-10,16-17,19-24H2,1,3-8H3,(H,40,41)/t28-,31?,32?,33?,36-,37+,38+,39-/m0/s1. The van der Waals surface area contributed by atoms with Gasteiger partial charge in [0.15, 0.2) is 0 Å². The van der Waals surface area contributed by atoms with Crippen LogP contribution in [0, 0.1) is 50.7 Å². The van der Waals surface area contributed by atoms with Crippen molar-refractivity contribution in [3.05, 3.63) is 65.3 Å². The highest BCUT2D eigenvalue weighted by atomic mass is 16.4. The number of fused-ring (bicyclic) bond motifs is 7. The molecule has 2 nitrogen and oxygen atoms in total. The van der Waals surface area contributed by atoms with Crippen molar-refractivity contribution in [3.63, 3.8) is 0 Å². The summed E-state index contributed by atoms with van der Waals surface area (Å²) < 4.78 is 0. The number of carboxylic acids is 1. The second-order valence-electron chi connectivity index (χ2n) is 16.3. The molecule has 0 spiro atoms. The molecule has 222 valence electrons. The zero-order valence-corrected chi connectivity index (χ0v) is 26.9. The van der Waals surface area contributed by atoms with E-state index in [0.29, 0.717) is 40.1 Å². The van der Waals surface area contributed by atoms with E-state index in [0.717, 1.165) is 6.42 Å². The molecule has 6 rings (SSSR count). The first-order valence-corrected chi connectivity index (χ1v) is 16.7. The Morgan fingerprint density at radius 2 is 1.66 bits per heavy atom. The summed E-state index contributed by atoms with van der Waals surface area (Å²) in [6, 6.07) is 7.62. The number of hydrogen-bond donors (Lipinski definition) is 1. The second-order valence-corrected chi connectivity index (χ2v) is 16.3. The van der Waals surface area contributed by atoms with E-state index < -0.39 is 5.97 Å².